The first-order chi connectivity index (χ1) is 6.72. The van der Waals surface area contributed by atoms with Crippen molar-refractivity contribution >= 4 is 27.0 Å². The van der Waals surface area contributed by atoms with Gasteiger partial charge in [-0.1, -0.05) is 6.92 Å². The minimum absolute atomic E-state index is 1.04. The number of aromatic nitrogens is 2. The molecular weight excluding hydrogens is 240 g/mol. The van der Waals surface area contributed by atoms with Crippen LogP contribution in [-0.2, 0) is 6.54 Å². The highest BCUT2D eigenvalue weighted by Gasteiger charge is 2.05. The Bertz CT molecular complexity index is 460. The lowest BCUT2D eigenvalue weighted by Gasteiger charge is -2.04. The molecule has 0 spiro atoms. The second-order valence-corrected chi connectivity index (χ2v) is 4.42. The summed E-state index contributed by atoms with van der Waals surface area (Å²) in [5, 5.41) is 1.21. The second-order valence-electron chi connectivity index (χ2n) is 3.50. The summed E-state index contributed by atoms with van der Waals surface area (Å²) >= 11 is 3.43. The molecular formula is C11H13BrN2. The summed E-state index contributed by atoms with van der Waals surface area (Å²) in [5.74, 6) is 0. The Morgan fingerprint density at radius 2 is 2.21 bits per heavy atom. The lowest BCUT2D eigenvalue weighted by molar-refractivity contribution is 0.680. The molecule has 0 saturated carbocycles. The fourth-order valence-electron chi connectivity index (χ4n) is 1.76. The molecule has 0 fully saturated rings. The zero-order valence-corrected chi connectivity index (χ0v) is 10.0. The first-order valence-electron chi connectivity index (χ1n) is 4.83. The molecule has 2 aromatic heterocycles. The molecule has 0 aliphatic rings. The van der Waals surface area contributed by atoms with E-state index in [4.69, 9.17) is 0 Å². The molecule has 3 heteroatoms. The number of hydrogen-bond acceptors (Lipinski definition) is 1. The number of nitrogens with zero attached hydrogens (tertiary/aromatic N) is 2. The maximum atomic E-state index is 4.44. The number of fused-ring (bicyclic) bond motifs is 1. The van der Waals surface area contributed by atoms with Crippen LogP contribution in [0.15, 0.2) is 22.8 Å². The molecule has 2 aromatic rings. The predicted octanol–water partition coefficient (Wildman–Crippen LogP) is 3.52. The molecule has 2 nitrogen and oxygen atoms in total. The van der Waals surface area contributed by atoms with Gasteiger partial charge in [-0.3, -0.25) is 0 Å². The summed E-state index contributed by atoms with van der Waals surface area (Å²) in [6.45, 7) is 5.36. The highest BCUT2D eigenvalue weighted by Crippen LogP contribution is 2.21. The fraction of sp³-hybridized carbons (Fsp3) is 0.364. The van der Waals surface area contributed by atoms with Crippen molar-refractivity contribution in [1.82, 2.24) is 9.55 Å². The standard InChI is InChI=1S/C11H13BrN2/c1-3-4-14-8(2)5-9-6-10(12)7-13-11(9)14/h5-7H,3-4H2,1-2H3. The highest BCUT2D eigenvalue weighted by molar-refractivity contribution is 9.10. The van der Waals surface area contributed by atoms with Gasteiger partial charge in [0.05, 0.1) is 0 Å². The summed E-state index contributed by atoms with van der Waals surface area (Å²) in [7, 11) is 0. The SMILES string of the molecule is CCCn1c(C)cc2cc(Br)cnc21. The Morgan fingerprint density at radius 1 is 1.43 bits per heavy atom. The smallest absolute Gasteiger partial charge is 0.140 e. The third kappa shape index (κ3) is 1.57. The molecule has 0 saturated heterocycles. The van der Waals surface area contributed by atoms with Crippen molar-refractivity contribution in [1.29, 1.82) is 0 Å². The molecule has 0 bridgehead atoms. The van der Waals surface area contributed by atoms with Crippen LogP contribution in [0.2, 0.25) is 0 Å². The van der Waals surface area contributed by atoms with Crippen molar-refractivity contribution in [2.24, 2.45) is 0 Å². The van der Waals surface area contributed by atoms with Gasteiger partial charge in [-0.05, 0) is 41.4 Å². The van der Waals surface area contributed by atoms with Gasteiger partial charge in [-0.15, -0.1) is 0 Å². The predicted molar refractivity (Wildman–Crippen MR) is 62.5 cm³/mol. The van der Waals surface area contributed by atoms with Crippen LogP contribution in [0.5, 0.6) is 0 Å². The number of halogens is 1. The molecule has 0 atom stereocenters. The molecule has 0 aliphatic heterocycles. The third-order valence-corrected chi connectivity index (χ3v) is 2.79. The van der Waals surface area contributed by atoms with Crippen molar-refractivity contribution in [3.05, 3.63) is 28.5 Å². The minimum Gasteiger partial charge on any atom is -0.330 e. The van der Waals surface area contributed by atoms with E-state index in [-0.39, 0.29) is 0 Å². The second kappa shape index (κ2) is 3.73. The molecule has 0 unspecified atom stereocenters. The van der Waals surface area contributed by atoms with Gasteiger partial charge in [0.2, 0.25) is 0 Å². The quantitative estimate of drug-likeness (QED) is 0.800. The summed E-state index contributed by atoms with van der Waals surface area (Å²) in [6.07, 6.45) is 3.00. The van der Waals surface area contributed by atoms with Gasteiger partial charge in [-0.2, -0.15) is 0 Å². The Morgan fingerprint density at radius 3 is 2.93 bits per heavy atom. The lowest BCUT2D eigenvalue weighted by Crippen LogP contribution is -1.99. The van der Waals surface area contributed by atoms with Gasteiger partial charge >= 0.3 is 0 Å². The molecule has 0 amide bonds. The van der Waals surface area contributed by atoms with Crippen LogP contribution in [-0.4, -0.2) is 9.55 Å². The molecule has 74 valence electrons. The van der Waals surface area contributed by atoms with Gasteiger partial charge in [0.1, 0.15) is 5.65 Å². The zero-order chi connectivity index (χ0) is 10.1. The van der Waals surface area contributed by atoms with Crippen LogP contribution in [0.3, 0.4) is 0 Å². The molecule has 0 N–H and O–H groups in total. The molecule has 0 aliphatic carbocycles. The molecule has 0 radical (unpaired) electrons. The van der Waals surface area contributed by atoms with Crippen LogP contribution in [0.4, 0.5) is 0 Å². The topological polar surface area (TPSA) is 17.8 Å². The van der Waals surface area contributed by atoms with Crippen molar-refractivity contribution in [3.63, 3.8) is 0 Å². The number of hydrogen-bond donors (Lipinski definition) is 0. The average molecular weight is 253 g/mol. The summed E-state index contributed by atoms with van der Waals surface area (Å²) in [5.41, 5.74) is 2.38. The summed E-state index contributed by atoms with van der Waals surface area (Å²) in [6, 6.07) is 4.30. The maximum Gasteiger partial charge on any atom is 0.140 e. The zero-order valence-electron chi connectivity index (χ0n) is 8.42. The highest BCUT2D eigenvalue weighted by atomic mass is 79.9. The van der Waals surface area contributed by atoms with E-state index in [1.165, 1.54) is 11.1 Å². The average Bonchev–Trinajstić information content (AvgIpc) is 2.43. The molecule has 0 aromatic carbocycles. The Balaban J connectivity index is 2.64. The first-order valence-corrected chi connectivity index (χ1v) is 5.63. The van der Waals surface area contributed by atoms with E-state index in [1.54, 1.807) is 0 Å². The number of pyridine rings is 1. The number of rotatable bonds is 2. The fourth-order valence-corrected chi connectivity index (χ4v) is 2.10. The monoisotopic (exact) mass is 252 g/mol. The van der Waals surface area contributed by atoms with E-state index in [0.717, 1.165) is 23.1 Å². The number of aryl methyl sites for hydroxylation is 2. The Labute approximate surface area is 92.1 Å². The minimum atomic E-state index is 1.04. The van der Waals surface area contributed by atoms with Gasteiger partial charge in [-0.25, -0.2) is 4.98 Å². The van der Waals surface area contributed by atoms with Crippen LogP contribution in [0, 0.1) is 6.92 Å². The van der Waals surface area contributed by atoms with Crippen LogP contribution in [0.1, 0.15) is 19.0 Å². The molecule has 2 heterocycles. The molecule has 2 rings (SSSR count). The van der Waals surface area contributed by atoms with Gasteiger partial charge < -0.3 is 4.57 Å². The summed E-state index contributed by atoms with van der Waals surface area (Å²) < 4.78 is 3.31. The van der Waals surface area contributed by atoms with Crippen molar-refractivity contribution in [2.75, 3.05) is 0 Å². The van der Waals surface area contributed by atoms with Crippen molar-refractivity contribution in [2.45, 2.75) is 26.8 Å². The van der Waals surface area contributed by atoms with Gasteiger partial charge in [0.25, 0.3) is 0 Å². The van der Waals surface area contributed by atoms with Crippen molar-refractivity contribution < 1.29 is 0 Å². The Kier molecular flexibility index (Phi) is 2.59. The van der Waals surface area contributed by atoms with E-state index in [0.29, 0.717) is 0 Å². The van der Waals surface area contributed by atoms with Crippen LogP contribution in [0.25, 0.3) is 11.0 Å². The van der Waals surface area contributed by atoms with Crippen LogP contribution < -0.4 is 0 Å². The lowest BCUT2D eigenvalue weighted by atomic mass is 10.3. The largest absolute Gasteiger partial charge is 0.330 e. The van der Waals surface area contributed by atoms with Crippen LogP contribution >= 0.6 is 15.9 Å². The van der Waals surface area contributed by atoms with E-state index in [1.807, 2.05) is 6.20 Å². The normalized spacial score (nSPS) is 11.1. The van der Waals surface area contributed by atoms with Gasteiger partial charge in [0.15, 0.2) is 0 Å². The third-order valence-electron chi connectivity index (χ3n) is 2.35. The van der Waals surface area contributed by atoms with Gasteiger partial charge in [0, 0.05) is 28.3 Å². The van der Waals surface area contributed by atoms with E-state index >= 15 is 0 Å². The van der Waals surface area contributed by atoms with E-state index in [2.05, 4.69) is 51.5 Å². The van der Waals surface area contributed by atoms with E-state index < -0.39 is 0 Å². The van der Waals surface area contributed by atoms with E-state index in [9.17, 15) is 0 Å². The summed E-state index contributed by atoms with van der Waals surface area (Å²) in [4.78, 5) is 4.44. The molecule has 14 heavy (non-hydrogen) atoms. The Hall–Kier alpha value is -0.830. The maximum absolute atomic E-state index is 4.44. The first kappa shape index (κ1) is 9.71. The van der Waals surface area contributed by atoms with Crippen molar-refractivity contribution in [3.8, 4) is 0 Å².